The van der Waals surface area contributed by atoms with E-state index in [2.05, 4.69) is 15.6 Å². The fraction of sp³-hybridized carbons (Fsp3) is 0.467. The summed E-state index contributed by atoms with van der Waals surface area (Å²) in [5.74, 6) is 0.820. The molecule has 0 saturated carbocycles. The standard InChI is InChI=1S/C15H17N3O2S2/c1-8-7-16-15(20-8)22-13-5-4-12(21-13)14(19)18-11-6-9-2-3-10(11)17-9/h4-5,7,9-11,17H,2-3,6H2,1H3,(H,18,19). The number of hydrogen-bond acceptors (Lipinski definition) is 6. The van der Waals surface area contributed by atoms with Gasteiger partial charge >= 0.3 is 0 Å². The molecule has 22 heavy (non-hydrogen) atoms. The molecule has 3 atom stereocenters. The highest BCUT2D eigenvalue weighted by Gasteiger charge is 2.39. The largest absolute Gasteiger partial charge is 0.437 e. The number of carbonyl (C=O) groups is 1. The summed E-state index contributed by atoms with van der Waals surface area (Å²) in [5, 5.41) is 7.32. The first-order chi connectivity index (χ1) is 10.7. The van der Waals surface area contributed by atoms with Crippen LogP contribution in [0, 0.1) is 6.92 Å². The molecule has 0 radical (unpaired) electrons. The third-order valence-electron chi connectivity index (χ3n) is 4.21. The summed E-state index contributed by atoms with van der Waals surface area (Å²) in [6.07, 6.45) is 5.17. The molecule has 0 aromatic carbocycles. The fourth-order valence-corrected chi connectivity index (χ4v) is 5.06. The van der Waals surface area contributed by atoms with Crippen LogP contribution < -0.4 is 10.6 Å². The average Bonchev–Trinajstić information content (AvgIpc) is 3.24. The van der Waals surface area contributed by atoms with Crippen LogP contribution in [0.3, 0.4) is 0 Å². The smallest absolute Gasteiger partial charge is 0.261 e. The molecule has 2 aliphatic rings. The third-order valence-corrected chi connectivity index (χ3v) is 6.29. The Kier molecular flexibility index (Phi) is 3.71. The van der Waals surface area contributed by atoms with Crippen molar-refractivity contribution in [3.8, 4) is 0 Å². The molecular formula is C15H17N3O2S2. The predicted octanol–water partition coefficient (Wildman–Crippen LogP) is 2.82. The second-order valence-electron chi connectivity index (χ2n) is 5.82. The van der Waals surface area contributed by atoms with Gasteiger partial charge in [0.15, 0.2) is 0 Å². The van der Waals surface area contributed by atoms with Crippen LogP contribution in [0.2, 0.25) is 0 Å². The molecule has 2 fully saturated rings. The zero-order valence-corrected chi connectivity index (χ0v) is 13.8. The quantitative estimate of drug-likeness (QED) is 0.899. The zero-order valence-electron chi connectivity index (χ0n) is 12.2. The van der Waals surface area contributed by atoms with Crippen molar-refractivity contribution in [2.75, 3.05) is 0 Å². The summed E-state index contributed by atoms with van der Waals surface area (Å²) in [6.45, 7) is 1.87. The van der Waals surface area contributed by atoms with Gasteiger partial charge in [-0.15, -0.1) is 11.3 Å². The lowest BCUT2D eigenvalue weighted by atomic mass is 9.95. The molecule has 2 aromatic heterocycles. The number of fused-ring (bicyclic) bond motifs is 2. The number of thiophene rings is 1. The van der Waals surface area contributed by atoms with Crippen molar-refractivity contribution in [3.05, 3.63) is 29.0 Å². The summed E-state index contributed by atoms with van der Waals surface area (Å²) >= 11 is 2.93. The number of aromatic nitrogens is 1. The van der Waals surface area contributed by atoms with Crippen LogP contribution in [-0.4, -0.2) is 29.0 Å². The minimum absolute atomic E-state index is 0.0276. The number of oxazole rings is 1. The van der Waals surface area contributed by atoms with Crippen LogP contribution in [-0.2, 0) is 0 Å². The van der Waals surface area contributed by atoms with Gasteiger partial charge in [-0.25, -0.2) is 4.98 Å². The van der Waals surface area contributed by atoms with Crippen LogP contribution in [0.1, 0.15) is 34.7 Å². The van der Waals surface area contributed by atoms with Gasteiger partial charge < -0.3 is 15.1 Å². The Hall–Kier alpha value is -1.31. The molecule has 116 valence electrons. The monoisotopic (exact) mass is 335 g/mol. The SMILES string of the molecule is Cc1cnc(Sc2ccc(C(=O)NC3CC4CCC3N4)s2)o1. The van der Waals surface area contributed by atoms with Crippen LogP contribution in [0.25, 0.3) is 0 Å². The second kappa shape index (κ2) is 5.72. The molecule has 7 heteroatoms. The van der Waals surface area contributed by atoms with E-state index in [4.69, 9.17) is 4.42 Å². The molecule has 4 rings (SSSR count). The maximum absolute atomic E-state index is 12.4. The Bertz CT molecular complexity index is 697. The normalized spacial score (nSPS) is 26.5. The Morgan fingerprint density at radius 1 is 1.50 bits per heavy atom. The average molecular weight is 335 g/mol. The van der Waals surface area contributed by atoms with Crippen molar-refractivity contribution in [2.24, 2.45) is 0 Å². The van der Waals surface area contributed by atoms with Crippen LogP contribution in [0.15, 0.2) is 32.2 Å². The van der Waals surface area contributed by atoms with Gasteiger partial charge in [-0.05, 0) is 50.1 Å². The second-order valence-corrected chi connectivity index (χ2v) is 8.16. The molecular weight excluding hydrogens is 318 g/mol. The number of nitrogens with one attached hydrogen (secondary N) is 2. The molecule has 0 spiro atoms. The minimum atomic E-state index is 0.0276. The first-order valence-corrected chi connectivity index (χ1v) is 9.08. The van der Waals surface area contributed by atoms with Gasteiger partial charge in [0.05, 0.1) is 15.3 Å². The highest BCUT2D eigenvalue weighted by Crippen LogP contribution is 2.33. The van der Waals surface area contributed by atoms with E-state index in [0.717, 1.165) is 21.3 Å². The Morgan fingerprint density at radius 2 is 2.41 bits per heavy atom. The summed E-state index contributed by atoms with van der Waals surface area (Å²) in [7, 11) is 0. The highest BCUT2D eigenvalue weighted by molar-refractivity contribution is 8.01. The molecule has 2 aliphatic heterocycles. The number of amides is 1. The van der Waals surface area contributed by atoms with Gasteiger partial charge in [-0.3, -0.25) is 4.79 Å². The number of rotatable bonds is 4. The van der Waals surface area contributed by atoms with Gasteiger partial charge in [-0.2, -0.15) is 0 Å². The Balaban J connectivity index is 1.39. The van der Waals surface area contributed by atoms with Crippen molar-refractivity contribution in [1.82, 2.24) is 15.6 Å². The first kappa shape index (κ1) is 14.3. The molecule has 2 bridgehead atoms. The Labute approximate surface area is 136 Å². The van der Waals surface area contributed by atoms with E-state index in [1.165, 1.54) is 35.9 Å². The van der Waals surface area contributed by atoms with E-state index in [9.17, 15) is 4.79 Å². The summed E-state index contributed by atoms with van der Waals surface area (Å²) in [4.78, 5) is 17.3. The topological polar surface area (TPSA) is 67.2 Å². The van der Waals surface area contributed by atoms with E-state index < -0.39 is 0 Å². The van der Waals surface area contributed by atoms with Gasteiger partial charge in [0.1, 0.15) is 5.76 Å². The van der Waals surface area contributed by atoms with Crippen molar-refractivity contribution in [1.29, 1.82) is 0 Å². The zero-order chi connectivity index (χ0) is 15.1. The van der Waals surface area contributed by atoms with Gasteiger partial charge in [0.25, 0.3) is 11.1 Å². The van der Waals surface area contributed by atoms with Crippen molar-refractivity contribution in [2.45, 2.75) is 53.7 Å². The number of carbonyl (C=O) groups excluding carboxylic acids is 1. The molecule has 5 nitrogen and oxygen atoms in total. The molecule has 3 unspecified atom stereocenters. The molecule has 0 aliphatic carbocycles. The predicted molar refractivity (Wildman–Crippen MR) is 85.5 cm³/mol. The molecule has 2 saturated heterocycles. The molecule has 2 aromatic rings. The van der Waals surface area contributed by atoms with E-state index in [1.54, 1.807) is 6.20 Å². The van der Waals surface area contributed by atoms with E-state index in [0.29, 0.717) is 17.3 Å². The van der Waals surface area contributed by atoms with Crippen LogP contribution >= 0.6 is 23.1 Å². The van der Waals surface area contributed by atoms with Crippen LogP contribution in [0.5, 0.6) is 0 Å². The highest BCUT2D eigenvalue weighted by atomic mass is 32.2. The number of hydrogen-bond donors (Lipinski definition) is 2. The van der Waals surface area contributed by atoms with E-state index in [-0.39, 0.29) is 11.9 Å². The minimum Gasteiger partial charge on any atom is -0.437 e. The summed E-state index contributed by atoms with van der Waals surface area (Å²) in [5.41, 5.74) is 0. The van der Waals surface area contributed by atoms with Crippen molar-refractivity contribution >= 4 is 29.0 Å². The lowest BCUT2D eigenvalue weighted by molar-refractivity contribution is 0.0935. The van der Waals surface area contributed by atoms with Gasteiger partial charge in [-0.1, -0.05) is 0 Å². The first-order valence-electron chi connectivity index (χ1n) is 7.44. The number of nitrogens with zero attached hydrogens (tertiary/aromatic N) is 1. The lowest BCUT2D eigenvalue weighted by Crippen LogP contribution is -2.42. The summed E-state index contributed by atoms with van der Waals surface area (Å²) < 4.78 is 6.46. The van der Waals surface area contributed by atoms with Crippen molar-refractivity contribution < 1.29 is 9.21 Å². The molecule has 2 N–H and O–H groups in total. The fourth-order valence-electron chi connectivity index (χ4n) is 3.19. The number of aryl methyl sites for hydroxylation is 1. The van der Waals surface area contributed by atoms with Crippen LogP contribution in [0.4, 0.5) is 0 Å². The maximum atomic E-state index is 12.4. The summed E-state index contributed by atoms with van der Waals surface area (Å²) in [6, 6.07) is 5.15. The van der Waals surface area contributed by atoms with E-state index >= 15 is 0 Å². The molecule has 4 heterocycles. The third kappa shape index (κ3) is 2.80. The maximum Gasteiger partial charge on any atom is 0.261 e. The lowest BCUT2D eigenvalue weighted by Gasteiger charge is -2.20. The van der Waals surface area contributed by atoms with E-state index in [1.807, 2.05) is 19.1 Å². The van der Waals surface area contributed by atoms with Gasteiger partial charge in [0.2, 0.25) is 0 Å². The Morgan fingerprint density at radius 3 is 3.09 bits per heavy atom. The van der Waals surface area contributed by atoms with Crippen molar-refractivity contribution in [3.63, 3.8) is 0 Å². The molecule has 1 amide bonds. The van der Waals surface area contributed by atoms with Gasteiger partial charge in [0, 0.05) is 18.1 Å².